The van der Waals surface area contributed by atoms with Crippen LogP contribution in [0.4, 0.5) is 0 Å². The van der Waals surface area contributed by atoms with E-state index in [1.54, 1.807) is 6.20 Å². The predicted octanol–water partition coefficient (Wildman–Crippen LogP) is 3.24. The van der Waals surface area contributed by atoms with E-state index in [-0.39, 0.29) is 47.0 Å². The Morgan fingerprint density at radius 3 is 2.69 bits per heavy atom. The molecule has 5 rings (SSSR count). The van der Waals surface area contributed by atoms with Crippen LogP contribution in [0.5, 0.6) is 5.75 Å². The molecule has 2 fully saturated rings. The molecule has 1 saturated heterocycles. The number of nitrogens with zero attached hydrogens (tertiary/aromatic N) is 2. The number of fused-ring (bicyclic) bond motifs is 1. The molecule has 1 aliphatic carbocycles. The molecule has 7 nitrogen and oxygen atoms in total. The first-order valence-electron chi connectivity index (χ1n) is 10.8. The molecule has 2 aliphatic rings. The fourth-order valence-corrected chi connectivity index (χ4v) is 5.33. The number of nitrogens with one attached hydrogen (secondary N) is 1. The monoisotopic (exact) mass is 465 g/mol. The van der Waals surface area contributed by atoms with E-state index in [1.165, 1.54) is 12.8 Å². The molecule has 0 radical (unpaired) electrons. The summed E-state index contributed by atoms with van der Waals surface area (Å²) in [6, 6.07) is 9.52. The Bertz CT molecular complexity index is 1010. The van der Waals surface area contributed by atoms with Crippen molar-refractivity contribution in [2.75, 3.05) is 19.8 Å². The van der Waals surface area contributed by atoms with E-state index in [0.29, 0.717) is 25.0 Å². The van der Waals surface area contributed by atoms with Gasteiger partial charge in [0.15, 0.2) is 11.5 Å². The minimum absolute atomic E-state index is 0. The number of H-pyrrole nitrogens is 1. The van der Waals surface area contributed by atoms with Gasteiger partial charge in [-0.2, -0.15) is 4.98 Å². The standard InChI is InChI=1S/C23H27N3O4S.Na.H/c1-16-20(15-31(27)22-25-18-6-2-3-7-19(18)26-22)24-11-8-21(16)28-12-17-13-29-23(30-14-17)9-4-5-10-23;;/h2-3,6-8,11,17H,4-5,9-10,12-15H2,1H3,(H,25,26);;. The maximum absolute atomic E-state index is 12.9. The maximum atomic E-state index is 12.9. The first-order valence-corrected chi connectivity index (χ1v) is 12.1. The zero-order valence-electron chi connectivity index (χ0n) is 17.6. The van der Waals surface area contributed by atoms with Gasteiger partial charge in [0.25, 0.3) is 0 Å². The third kappa shape index (κ3) is 5.17. The second-order valence-electron chi connectivity index (χ2n) is 8.35. The number of rotatable bonds is 6. The zero-order chi connectivity index (χ0) is 21.3. The van der Waals surface area contributed by atoms with Gasteiger partial charge >= 0.3 is 34.7 Å². The number of benzene rings is 1. The molecule has 1 N–H and O–H groups in total. The SMILES string of the molecule is Cc1c(OCC2COC3(CCCC3)OC2)ccnc1C[S+]([O-])c1nc2ccccc2[nH]1.[NaH]. The van der Waals surface area contributed by atoms with Crippen LogP contribution in [0.25, 0.3) is 11.0 Å². The van der Waals surface area contributed by atoms with Gasteiger partial charge in [-0.25, -0.2) is 0 Å². The van der Waals surface area contributed by atoms with Gasteiger partial charge in [-0.15, -0.1) is 0 Å². The van der Waals surface area contributed by atoms with Crippen LogP contribution in [0.2, 0.25) is 0 Å². The summed E-state index contributed by atoms with van der Waals surface area (Å²) in [4.78, 5) is 12.0. The second-order valence-corrected chi connectivity index (χ2v) is 9.71. The molecule has 1 saturated carbocycles. The number of pyridine rings is 1. The van der Waals surface area contributed by atoms with Gasteiger partial charge in [-0.3, -0.25) is 9.97 Å². The van der Waals surface area contributed by atoms with Gasteiger partial charge in [0.2, 0.25) is 0 Å². The Kier molecular flexibility index (Phi) is 7.82. The fourth-order valence-electron chi connectivity index (χ4n) is 4.23. The number of aromatic amines is 1. The molecule has 1 aliphatic heterocycles. The van der Waals surface area contributed by atoms with Gasteiger partial charge < -0.3 is 18.8 Å². The van der Waals surface area contributed by atoms with Crippen molar-refractivity contribution >= 4 is 51.8 Å². The van der Waals surface area contributed by atoms with Crippen molar-refractivity contribution in [1.82, 2.24) is 15.0 Å². The van der Waals surface area contributed by atoms with Crippen molar-refractivity contribution in [3.8, 4) is 5.75 Å². The number of para-hydroxylation sites is 2. The third-order valence-electron chi connectivity index (χ3n) is 6.11. The molecular formula is C23H28N3NaO4S. The van der Waals surface area contributed by atoms with Crippen molar-refractivity contribution in [2.24, 2.45) is 5.92 Å². The molecule has 3 heterocycles. The molecule has 1 spiro atoms. The molecule has 0 amide bonds. The number of imidazole rings is 1. The van der Waals surface area contributed by atoms with E-state index in [9.17, 15) is 4.55 Å². The Balaban J connectivity index is 0.00000245. The van der Waals surface area contributed by atoms with Crippen LogP contribution in [0.3, 0.4) is 0 Å². The first kappa shape index (κ1) is 24.0. The number of hydrogen-bond donors (Lipinski definition) is 1. The minimum atomic E-state index is -1.32. The average Bonchev–Trinajstić information content (AvgIpc) is 3.43. The summed E-state index contributed by atoms with van der Waals surface area (Å²) in [5.41, 5.74) is 3.34. The number of hydrogen-bond acceptors (Lipinski definition) is 6. The summed E-state index contributed by atoms with van der Waals surface area (Å²) in [6.45, 7) is 3.79. The van der Waals surface area contributed by atoms with Gasteiger partial charge in [-0.05, 0) is 38.0 Å². The molecule has 1 aromatic carbocycles. The Hall–Kier alpha value is -1.13. The molecule has 2 aromatic heterocycles. The fraction of sp³-hybridized carbons (Fsp3) is 0.478. The van der Waals surface area contributed by atoms with Crippen LogP contribution in [0.15, 0.2) is 41.7 Å². The Morgan fingerprint density at radius 1 is 1.19 bits per heavy atom. The molecule has 1 unspecified atom stereocenters. The first-order chi connectivity index (χ1) is 15.1. The van der Waals surface area contributed by atoms with Crippen LogP contribution in [-0.4, -0.2) is 74.7 Å². The third-order valence-corrected chi connectivity index (χ3v) is 7.27. The quantitative estimate of drug-likeness (QED) is 0.444. The van der Waals surface area contributed by atoms with E-state index >= 15 is 0 Å². The summed E-state index contributed by atoms with van der Waals surface area (Å²) in [7, 11) is 0. The average molecular weight is 466 g/mol. The molecule has 3 aromatic rings. The summed E-state index contributed by atoms with van der Waals surface area (Å²) in [6.07, 6.45) is 6.05. The topological polar surface area (TPSA) is 92.3 Å². The Morgan fingerprint density at radius 2 is 1.94 bits per heavy atom. The van der Waals surface area contributed by atoms with Gasteiger partial charge in [0, 0.05) is 41.7 Å². The van der Waals surface area contributed by atoms with E-state index in [0.717, 1.165) is 40.9 Å². The number of aromatic nitrogens is 3. The van der Waals surface area contributed by atoms with Crippen molar-refractivity contribution in [3.63, 3.8) is 0 Å². The predicted molar refractivity (Wildman–Crippen MR) is 124 cm³/mol. The van der Waals surface area contributed by atoms with Gasteiger partial charge in [0.1, 0.15) is 5.75 Å². The summed E-state index contributed by atoms with van der Waals surface area (Å²) in [5.74, 6) is 0.900. The molecule has 1 atom stereocenters. The van der Waals surface area contributed by atoms with Crippen LogP contribution in [-0.2, 0) is 26.4 Å². The molecule has 166 valence electrons. The number of ether oxygens (including phenoxy) is 3. The normalized spacial score (nSPS) is 19.2. The van der Waals surface area contributed by atoms with Crippen molar-refractivity contribution in [3.05, 3.63) is 47.8 Å². The summed E-state index contributed by atoms with van der Waals surface area (Å²) in [5, 5.41) is 0.464. The van der Waals surface area contributed by atoms with E-state index in [4.69, 9.17) is 14.2 Å². The van der Waals surface area contributed by atoms with Crippen molar-refractivity contribution < 1.29 is 18.8 Å². The van der Waals surface area contributed by atoms with Crippen molar-refractivity contribution in [1.29, 1.82) is 0 Å². The summed E-state index contributed by atoms with van der Waals surface area (Å²) >= 11 is -1.32. The van der Waals surface area contributed by atoms with E-state index in [2.05, 4.69) is 15.0 Å². The summed E-state index contributed by atoms with van der Waals surface area (Å²) < 4.78 is 31.0. The van der Waals surface area contributed by atoms with Gasteiger partial charge in [-0.1, -0.05) is 12.1 Å². The molecule has 32 heavy (non-hydrogen) atoms. The molecular weight excluding hydrogens is 437 g/mol. The van der Waals surface area contributed by atoms with Crippen LogP contribution < -0.4 is 4.74 Å². The van der Waals surface area contributed by atoms with Gasteiger partial charge in [0.05, 0.1) is 36.5 Å². The van der Waals surface area contributed by atoms with Crippen LogP contribution in [0, 0.1) is 12.8 Å². The Labute approximate surface area is 213 Å². The van der Waals surface area contributed by atoms with Crippen LogP contribution in [0.1, 0.15) is 36.9 Å². The van der Waals surface area contributed by atoms with Crippen molar-refractivity contribution in [2.45, 2.75) is 49.3 Å². The molecule has 0 bridgehead atoms. The second kappa shape index (κ2) is 10.4. The van der Waals surface area contributed by atoms with Crippen LogP contribution >= 0.6 is 0 Å². The molecule has 9 heteroatoms. The van der Waals surface area contributed by atoms with E-state index < -0.39 is 11.2 Å². The zero-order valence-corrected chi connectivity index (χ0v) is 18.5. The van der Waals surface area contributed by atoms with E-state index in [1.807, 2.05) is 37.3 Å².